The highest BCUT2D eigenvalue weighted by molar-refractivity contribution is 5.88. The van der Waals surface area contributed by atoms with Crippen LogP contribution in [0.5, 0.6) is 0 Å². The van der Waals surface area contributed by atoms with E-state index in [1.807, 2.05) is 32.9 Å². The highest BCUT2D eigenvalue weighted by Gasteiger charge is 2.26. The first-order valence-corrected chi connectivity index (χ1v) is 7.87. The summed E-state index contributed by atoms with van der Waals surface area (Å²) in [7, 11) is 0. The maximum absolute atomic E-state index is 12.1. The lowest BCUT2D eigenvalue weighted by molar-refractivity contribution is 0.0241. The van der Waals surface area contributed by atoms with E-state index in [-0.39, 0.29) is 6.09 Å². The van der Waals surface area contributed by atoms with Gasteiger partial charge in [0.15, 0.2) is 0 Å². The van der Waals surface area contributed by atoms with Gasteiger partial charge in [0.2, 0.25) is 0 Å². The molecule has 2 heterocycles. The van der Waals surface area contributed by atoms with Crippen LogP contribution in [-0.4, -0.2) is 52.7 Å². The zero-order chi connectivity index (χ0) is 16.4. The zero-order valence-electron chi connectivity index (χ0n) is 13.8. The number of benzene rings is 1. The van der Waals surface area contributed by atoms with Crippen molar-refractivity contribution in [2.75, 3.05) is 31.1 Å². The second kappa shape index (κ2) is 6.02. The Labute approximate surface area is 136 Å². The molecular weight excluding hydrogens is 292 g/mol. The van der Waals surface area contributed by atoms with Crippen LogP contribution in [-0.2, 0) is 4.74 Å². The summed E-state index contributed by atoms with van der Waals surface area (Å²) in [5.74, 6) is 0. The van der Waals surface area contributed by atoms with Crippen molar-refractivity contribution in [3.05, 3.63) is 30.6 Å². The number of ether oxygens (including phenoxy) is 1. The van der Waals surface area contributed by atoms with Crippen LogP contribution in [0.3, 0.4) is 0 Å². The summed E-state index contributed by atoms with van der Waals surface area (Å²) in [4.78, 5) is 24.9. The Morgan fingerprint density at radius 1 is 1.09 bits per heavy atom. The predicted molar refractivity (Wildman–Crippen MR) is 89.6 cm³/mol. The van der Waals surface area contributed by atoms with Crippen molar-refractivity contribution < 1.29 is 9.53 Å². The Morgan fingerprint density at radius 2 is 1.78 bits per heavy atom. The molecule has 23 heavy (non-hydrogen) atoms. The highest BCUT2D eigenvalue weighted by atomic mass is 16.6. The maximum atomic E-state index is 12.1. The van der Waals surface area contributed by atoms with Crippen LogP contribution in [0.1, 0.15) is 20.8 Å². The molecule has 1 aliphatic rings. The fourth-order valence-corrected chi connectivity index (χ4v) is 2.69. The average molecular weight is 314 g/mol. The summed E-state index contributed by atoms with van der Waals surface area (Å²) in [5, 5.41) is 0. The van der Waals surface area contributed by atoms with E-state index >= 15 is 0 Å². The van der Waals surface area contributed by atoms with Gasteiger partial charge in [-0.2, -0.15) is 0 Å². The summed E-state index contributed by atoms with van der Waals surface area (Å²) in [5.41, 5.74) is 2.40. The van der Waals surface area contributed by atoms with Crippen molar-refractivity contribution in [1.29, 1.82) is 0 Å². The van der Waals surface area contributed by atoms with E-state index in [0.29, 0.717) is 13.1 Å². The molecule has 0 saturated carbocycles. The van der Waals surface area contributed by atoms with Crippen LogP contribution in [0.2, 0.25) is 0 Å². The number of nitrogens with zero attached hydrogens (tertiary/aromatic N) is 4. The minimum atomic E-state index is -0.459. The third-order valence-electron chi connectivity index (χ3n) is 3.75. The van der Waals surface area contributed by atoms with Gasteiger partial charge < -0.3 is 14.5 Å². The SMILES string of the molecule is CC(C)(C)OC(=O)N1CCN(c2cccc3nccnc23)CC1. The molecule has 0 radical (unpaired) electrons. The minimum absolute atomic E-state index is 0.241. The van der Waals surface area contributed by atoms with Gasteiger partial charge in [0, 0.05) is 38.6 Å². The summed E-state index contributed by atoms with van der Waals surface area (Å²) in [6, 6.07) is 6.01. The average Bonchev–Trinajstić information content (AvgIpc) is 2.53. The molecule has 2 aromatic rings. The smallest absolute Gasteiger partial charge is 0.410 e. The Balaban J connectivity index is 1.70. The van der Waals surface area contributed by atoms with Gasteiger partial charge >= 0.3 is 6.09 Å². The standard InChI is InChI=1S/C17H22N4O2/c1-17(2,3)23-16(22)21-11-9-20(10-12-21)14-6-4-5-13-15(14)19-8-7-18-13/h4-8H,9-12H2,1-3H3. The molecule has 1 aliphatic heterocycles. The summed E-state index contributed by atoms with van der Waals surface area (Å²) < 4.78 is 5.43. The predicted octanol–water partition coefficient (Wildman–Crippen LogP) is 2.69. The van der Waals surface area contributed by atoms with Crippen molar-refractivity contribution in [3.8, 4) is 0 Å². The molecule has 6 nitrogen and oxygen atoms in total. The number of anilines is 1. The monoisotopic (exact) mass is 314 g/mol. The van der Waals surface area contributed by atoms with Crippen molar-refractivity contribution in [3.63, 3.8) is 0 Å². The van der Waals surface area contributed by atoms with Gasteiger partial charge in [-0.1, -0.05) is 6.07 Å². The Morgan fingerprint density at radius 3 is 2.48 bits per heavy atom. The molecule has 0 unspecified atom stereocenters. The molecule has 1 fully saturated rings. The third-order valence-corrected chi connectivity index (χ3v) is 3.75. The number of para-hydroxylation sites is 1. The van der Waals surface area contributed by atoms with Crippen LogP contribution in [0.15, 0.2) is 30.6 Å². The lowest BCUT2D eigenvalue weighted by Crippen LogP contribution is -2.50. The number of rotatable bonds is 1. The van der Waals surface area contributed by atoms with Crippen LogP contribution >= 0.6 is 0 Å². The van der Waals surface area contributed by atoms with Crippen LogP contribution in [0.25, 0.3) is 11.0 Å². The minimum Gasteiger partial charge on any atom is -0.444 e. The third kappa shape index (κ3) is 3.52. The fourth-order valence-electron chi connectivity index (χ4n) is 2.69. The van der Waals surface area contributed by atoms with Crippen LogP contribution in [0, 0.1) is 0 Å². The second-order valence-corrected chi connectivity index (χ2v) is 6.66. The number of carbonyl (C=O) groups excluding carboxylic acids is 1. The molecule has 0 aliphatic carbocycles. The largest absolute Gasteiger partial charge is 0.444 e. The molecule has 0 atom stereocenters. The van der Waals surface area contributed by atoms with Gasteiger partial charge in [0.25, 0.3) is 0 Å². The summed E-state index contributed by atoms with van der Waals surface area (Å²) in [6.07, 6.45) is 3.17. The first kappa shape index (κ1) is 15.5. The van der Waals surface area contributed by atoms with Crippen molar-refractivity contribution in [1.82, 2.24) is 14.9 Å². The first-order valence-electron chi connectivity index (χ1n) is 7.87. The maximum Gasteiger partial charge on any atom is 0.410 e. The first-order chi connectivity index (χ1) is 10.9. The number of piperazine rings is 1. The Kier molecular flexibility index (Phi) is 4.07. The van der Waals surface area contributed by atoms with Gasteiger partial charge in [-0.05, 0) is 32.9 Å². The number of carbonyl (C=O) groups is 1. The fraction of sp³-hybridized carbons (Fsp3) is 0.471. The van der Waals surface area contributed by atoms with Gasteiger partial charge in [-0.3, -0.25) is 9.97 Å². The van der Waals surface area contributed by atoms with Gasteiger partial charge in [0.05, 0.1) is 11.2 Å². The van der Waals surface area contributed by atoms with E-state index in [1.54, 1.807) is 17.3 Å². The molecule has 122 valence electrons. The topological polar surface area (TPSA) is 58.6 Å². The lowest BCUT2D eigenvalue weighted by Gasteiger charge is -2.36. The number of hydrogen-bond acceptors (Lipinski definition) is 5. The Hall–Kier alpha value is -2.37. The van der Waals surface area contributed by atoms with E-state index in [1.165, 1.54) is 0 Å². The molecular formula is C17H22N4O2. The molecule has 0 spiro atoms. The number of amides is 1. The van der Waals surface area contributed by atoms with E-state index in [4.69, 9.17) is 4.74 Å². The summed E-state index contributed by atoms with van der Waals surface area (Å²) >= 11 is 0. The molecule has 1 amide bonds. The van der Waals surface area contributed by atoms with Crippen molar-refractivity contribution >= 4 is 22.8 Å². The molecule has 6 heteroatoms. The number of hydrogen-bond donors (Lipinski definition) is 0. The molecule has 1 saturated heterocycles. The molecule has 1 aromatic heterocycles. The molecule has 0 N–H and O–H groups in total. The highest BCUT2D eigenvalue weighted by Crippen LogP contribution is 2.24. The van der Waals surface area contributed by atoms with Crippen LogP contribution < -0.4 is 4.90 Å². The zero-order valence-corrected chi connectivity index (χ0v) is 13.8. The molecule has 3 rings (SSSR count). The van der Waals surface area contributed by atoms with Gasteiger partial charge in [-0.15, -0.1) is 0 Å². The Bertz CT molecular complexity index is 698. The normalized spacial score (nSPS) is 15.8. The summed E-state index contributed by atoms with van der Waals surface area (Å²) in [6.45, 7) is 8.46. The van der Waals surface area contributed by atoms with Gasteiger partial charge in [-0.25, -0.2) is 4.79 Å². The van der Waals surface area contributed by atoms with Crippen molar-refractivity contribution in [2.45, 2.75) is 26.4 Å². The van der Waals surface area contributed by atoms with E-state index < -0.39 is 5.60 Å². The number of fused-ring (bicyclic) bond motifs is 1. The van der Waals surface area contributed by atoms with E-state index in [2.05, 4.69) is 20.9 Å². The second-order valence-electron chi connectivity index (χ2n) is 6.66. The molecule has 0 bridgehead atoms. The van der Waals surface area contributed by atoms with Gasteiger partial charge in [0.1, 0.15) is 11.1 Å². The quantitative estimate of drug-likeness (QED) is 0.810. The van der Waals surface area contributed by atoms with E-state index in [9.17, 15) is 4.79 Å². The van der Waals surface area contributed by atoms with E-state index in [0.717, 1.165) is 29.8 Å². The molecule has 1 aromatic carbocycles. The van der Waals surface area contributed by atoms with Crippen molar-refractivity contribution in [2.24, 2.45) is 0 Å². The van der Waals surface area contributed by atoms with Crippen LogP contribution in [0.4, 0.5) is 10.5 Å². The lowest BCUT2D eigenvalue weighted by atomic mass is 10.2. The number of aromatic nitrogens is 2.